The van der Waals surface area contributed by atoms with Crippen molar-refractivity contribution in [2.45, 2.75) is 18.2 Å². The number of hydrogen-bond acceptors (Lipinski definition) is 6. The Labute approximate surface area is 171 Å². The molecule has 1 N–H and O–H groups in total. The summed E-state index contributed by atoms with van der Waals surface area (Å²) in [6.45, 7) is 2.40. The molecular formula is C21H25NO6S. The zero-order chi connectivity index (χ0) is 21.3. The van der Waals surface area contributed by atoms with Crippen LogP contribution in [0, 0.1) is 0 Å². The van der Waals surface area contributed by atoms with Gasteiger partial charge in [-0.15, -0.1) is 0 Å². The van der Waals surface area contributed by atoms with E-state index in [1.165, 1.54) is 44.0 Å². The first kappa shape index (κ1) is 22.4. The fourth-order valence-electron chi connectivity index (χ4n) is 2.49. The third-order valence-corrected chi connectivity index (χ3v) is 5.50. The van der Waals surface area contributed by atoms with Crippen molar-refractivity contribution in [1.29, 1.82) is 0 Å². The third-order valence-electron chi connectivity index (χ3n) is 4.06. The molecule has 156 valence electrons. The van der Waals surface area contributed by atoms with Crippen LogP contribution < -0.4 is 14.2 Å². The average Bonchev–Trinajstić information content (AvgIpc) is 2.75. The smallest absolute Gasteiger partial charge is 0.330 e. The lowest BCUT2D eigenvalue weighted by Gasteiger charge is -2.09. The lowest BCUT2D eigenvalue weighted by Crippen LogP contribution is -2.19. The van der Waals surface area contributed by atoms with Crippen LogP contribution in [0.1, 0.15) is 18.1 Å². The van der Waals surface area contributed by atoms with Crippen LogP contribution in [0.2, 0.25) is 0 Å². The average molecular weight is 419 g/mol. The monoisotopic (exact) mass is 419 g/mol. The SMILES string of the molecule is CCc1cccc(OCCOC(=O)/C=C/c2ccc(OC)c(S(=O)(=O)NC)c2)c1. The molecular weight excluding hydrogens is 394 g/mol. The zero-order valence-corrected chi connectivity index (χ0v) is 17.5. The van der Waals surface area contributed by atoms with Crippen molar-refractivity contribution in [3.63, 3.8) is 0 Å². The topological polar surface area (TPSA) is 90.9 Å². The number of rotatable bonds is 10. The van der Waals surface area contributed by atoms with Gasteiger partial charge in [-0.1, -0.05) is 25.1 Å². The molecule has 0 bridgehead atoms. The molecule has 29 heavy (non-hydrogen) atoms. The van der Waals surface area contributed by atoms with E-state index < -0.39 is 16.0 Å². The third kappa shape index (κ3) is 6.62. The molecule has 2 aromatic rings. The van der Waals surface area contributed by atoms with Gasteiger partial charge in [-0.3, -0.25) is 0 Å². The molecule has 0 fully saturated rings. The Morgan fingerprint density at radius 3 is 2.62 bits per heavy atom. The Morgan fingerprint density at radius 1 is 1.14 bits per heavy atom. The molecule has 0 atom stereocenters. The van der Waals surface area contributed by atoms with Gasteiger partial charge in [0.25, 0.3) is 0 Å². The van der Waals surface area contributed by atoms with Gasteiger partial charge in [0.05, 0.1) is 7.11 Å². The van der Waals surface area contributed by atoms with Crippen molar-refractivity contribution in [2.24, 2.45) is 0 Å². The number of carbonyl (C=O) groups excluding carboxylic acids is 1. The standard InChI is InChI=1S/C21H25NO6S/c1-4-16-6-5-7-18(14-16)27-12-13-28-21(23)11-9-17-8-10-19(26-3)20(15-17)29(24,25)22-2/h5-11,14-15,22H,4,12-13H2,1-3H3/b11-9+. The highest BCUT2D eigenvalue weighted by Crippen LogP contribution is 2.25. The van der Waals surface area contributed by atoms with Crippen molar-refractivity contribution in [3.8, 4) is 11.5 Å². The second-order valence-electron chi connectivity index (χ2n) is 5.97. The fourth-order valence-corrected chi connectivity index (χ4v) is 3.41. The minimum Gasteiger partial charge on any atom is -0.495 e. The summed E-state index contributed by atoms with van der Waals surface area (Å²) in [4.78, 5) is 11.9. The number of benzene rings is 2. The first-order chi connectivity index (χ1) is 13.9. The minimum absolute atomic E-state index is 0.0132. The minimum atomic E-state index is -3.69. The largest absolute Gasteiger partial charge is 0.495 e. The van der Waals surface area contributed by atoms with Gasteiger partial charge in [0.1, 0.15) is 29.6 Å². The van der Waals surface area contributed by atoms with Gasteiger partial charge >= 0.3 is 5.97 Å². The molecule has 0 aliphatic rings. The molecule has 0 aromatic heterocycles. The molecule has 2 rings (SSSR count). The number of aryl methyl sites for hydroxylation is 1. The normalized spacial score (nSPS) is 11.4. The maximum absolute atomic E-state index is 12.1. The highest BCUT2D eigenvalue weighted by atomic mass is 32.2. The van der Waals surface area contributed by atoms with Crippen LogP contribution >= 0.6 is 0 Å². The molecule has 7 nitrogen and oxygen atoms in total. The van der Waals surface area contributed by atoms with E-state index in [0.29, 0.717) is 5.56 Å². The lowest BCUT2D eigenvalue weighted by atomic mass is 10.2. The second kappa shape index (κ2) is 10.6. The molecule has 0 radical (unpaired) electrons. The van der Waals surface area contributed by atoms with Gasteiger partial charge in [0, 0.05) is 6.08 Å². The van der Waals surface area contributed by atoms with E-state index in [2.05, 4.69) is 11.6 Å². The zero-order valence-electron chi connectivity index (χ0n) is 16.7. The van der Waals surface area contributed by atoms with Crippen LogP contribution in [0.5, 0.6) is 11.5 Å². The highest BCUT2D eigenvalue weighted by molar-refractivity contribution is 7.89. The first-order valence-electron chi connectivity index (χ1n) is 9.07. The summed E-state index contributed by atoms with van der Waals surface area (Å²) in [5, 5.41) is 0. The number of nitrogens with one attached hydrogen (secondary N) is 1. The molecule has 0 saturated heterocycles. The summed E-state index contributed by atoms with van der Waals surface area (Å²) in [7, 11) is -0.992. The number of esters is 1. The van der Waals surface area contributed by atoms with E-state index in [4.69, 9.17) is 14.2 Å². The van der Waals surface area contributed by atoms with E-state index >= 15 is 0 Å². The van der Waals surface area contributed by atoms with Crippen molar-refractivity contribution < 1.29 is 27.4 Å². The Hall–Kier alpha value is -2.84. The number of ether oxygens (including phenoxy) is 3. The summed E-state index contributed by atoms with van der Waals surface area (Å²) in [6, 6.07) is 12.3. The molecule has 0 saturated carbocycles. The maximum Gasteiger partial charge on any atom is 0.330 e. The number of methoxy groups -OCH3 is 1. The van der Waals surface area contributed by atoms with Gasteiger partial charge < -0.3 is 14.2 Å². The molecule has 0 aliphatic carbocycles. The summed E-state index contributed by atoms with van der Waals surface area (Å²) >= 11 is 0. The Bertz CT molecular complexity index is 969. The molecule has 0 aliphatic heterocycles. The predicted octanol–water partition coefficient (Wildman–Crippen LogP) is 2.80. The van der Waals surface area contributed by atoms with Crippen LogP contribution in [0.3, 0.4) is 0 Å². The molecule has 0 spiro atoms. The molecule has 0 amide bonds. The van der Waals surface area contributed by atoms with Gasteiger partial charge in [-0.05, 0) is 54.9 Å². The summed E-state index contributed by atoms with van der Waals surface area (Å²) in [6.07, 6.45) is 3.62. The fraction of sp³-hybridized carbons (Fsp3) is 0.286. The molecule has 8 heteroatoms. The van der Waals surface area contributed by atoms with E-state index in [-0.39, 0.29) is 23.9 Å². The summed E-state index contributed by atoms with van der Waals surface area (Å²) < 4.78 is 42.2. The molecule has 2 aromatic carbocycles. The first-order valence-corrected chi connectivity index (χ1v) is 10.6. The van der Waals surface area contributed by atoms with Crippen LogP contribution in [0.4, 0.5) is 0 Å². The summed E-state index contributed by atoms with van der Waals surface area (Å²) in [5.41, 5.74) is 1.69. The Kier molecular flexibility index (Phi) is 8.23. The lowest BCUT2D eigenvalue weighted by molar-refractivity contribution is -0.138. The number of carbonyl (C=O) groups is 1. The predicted molar refractivity (Wildman–Crippen MR) is 111 cm³/mol. The summed E-state index contributed by atoms with van der Waals surface area (Å²) in [5.74, 6) is 0.389. The second-order valence-corrected chi connectivity index (χ2v) is 7.82. The number of hydrogen-bond donors (Lipinski definition) is 1. The van der Waals surface area contributed by atoms with E-state index in [9.17, 15) is 13.2 Å². The van der Waals surface area contributed by atoms with Gasteiger partial charge in [-0.25, -0.2) is 17.9 Å². The Balaban J connectivity index is 1.91. The van der Waals surface area contributed by atoms with Gasteiger partial charge in [0.15, 0.2) is 0 Å². The van der Waals surface area contributed by atoms with E-state index in [0.717, 1.165) is 12.2 Å². The highest BCUT2D eigenvalue weighted by Gasteiger charge is 2.17. The van der Waals surface area contributed by atoms with Gasteiger partial charge in [0.2, 0.25) is 10.0 Å². The molecule has 0 unspecified atom stereocenters. The van der Waals surface area contributed by atoms with Crippen molar-refractivity contribution >= 4 is 22.1 Å². The van der Waals surface area contributed by atoms with Crippen LogP contribution in [0.15, 0.2) is 53.4 Å². The van der Waals surface area contributed by atoms with Crippen molar-refractivity contribution in [3.05, 3.63) is 59.7 Å². The maximum atomic E-state index is 12.1. The number of sulfonamides is 1. The van der Waals surface area contributed by atoms with Gasteiger partial charge in [-0.2, -0.15) is 0 Å². The van der Waals surface area contributed by atoms with Crippen LogP contribution in [0.25, 0.3) is 6.08 Å². The van der Waals surface area contributed by atoms with E-state index in [1.54, 1.807) is 6.07 Å². The van der Waals surface area contributed by atoms with Crippen molar-refractivity contribution in [2.75, 3.05) is 27.4 Å². The van der Waals surface area contributed by atoms with Crippen LogP contribution in [-0.2, 0) is 26.0 Å². The Morgan fingerprint density at radius 2 is 1.93 bits per heavy atom. The molecule has 0 heterocycles. The van der Waals surface area contributed by atoms with E-state index in [1.807, 2.05) is 24.3 Å². The quantitative estimate of drug-likeness (QED) is 0.362. The van der Waals surface area contributed by atoms with Crippen LogP contribution in [-0.4, -0.2) is 41.8 Å². The van der Waals surface area contributed by atoms with Crippen molar-refractivity contribution in [1.82, 2.24) is 4.72 Å².